The summed E-state index contributed by atoms with van der Waals surface area (Å²) in [5.74, 6) is -0.0118. The third kappa shape index (κ3) is 4.67. The lowest BCUT2D eigenvalue weighted by atomic mass is 10.1. The Kier molecular flexibility index (Phi) is 4.77. The second-order valence-corrected chi connectivity index (χ2v) is 7.86. The van der Waals surface area contributed by atoms with Gasteiger partial charge in [0.1, 0.15) is 0 Å². The van der Waals surface area contributed by atoms with Crippen molar-refractivity contribution in [2.24, 2.45) is 11.0 Å². The van der Waals surface area contributed by atoms with Crippen molar-refractivity contribution in [2.75, 3.05) is 11.5 Å². The molecule has 1 aromatic rings. The van der Waals surface area contributed by atoms with Crippen molar-refractivity contribution in [3.63, 3.8) is 0 Å². The van der Waals surface area contributed by atoms with E-state index in [-0.39, 0.29) is 29.8 Å². The molecule has 1 atom stereocenters. The topological polar surface area (TPSA) is 75.6 Å². The number of nitrogens with one attached hydrogen (secondary N) is 1. The molecule has 0 radical (unpaired) electrons. The number of benzene rings is 1. The zero-order valence-electron chi connectivity index (χ0n) is 12.3. The maximum Gasteiger partial charge on any atom is 0.240 e. The van der Waals surface area contributed by atoms with Crippen molar-refractivity contribution < 1.29 is 13.2 Å². The molecule has 0 saturated carbocycles. The molecule has 1 saturated heterocycles. The third-order valence-corrected chi connectivity index (χ3v) is 5.46. The van der Waals surface area contributed by atoms with Crippen LogP contribution >= 0.6 is 0 Å². The Bertz CT molecular complexity index is 665. The van der Waals surface area contributed by atoms with Gasteiger partial charge in [-0.15, -0.1) is 0 Å². The van der Waals surface area contributed by atoms with Gasteiger partial charge < -0.3 is 0 Å². The van der Waals surface area contributed by atoms with Crippen molar-refractivity contribution >= 4 is 22.0 Å². The van der Waals surface area contributed by atoms with Crippen LogP contribution in [-0.2, 0) is 14.6 Å². The highest BCUT2D eigenvalue weighted by Gasteiger charge is 2.29. The summed E-state index contributed by atoms with van der Waals surface area (Å²) in [6.07, 6.45) is 2.39. The van der Waals surface area contributed by atoms with E-state index in [1.165, 1.54) is 5.56 Å². The molecule has 114 valence electrons. The Morgan fingerprint density at radius 1 is 1.43 bits per heavy atom. The molecular formula is C15H20N2O3S. The van der Waals surface area contributed by atoms with E-state index < -0.39 is 9.84 Å². The zero-order valence-corrected chi connectivity index (χ0v) is 13.1. The van der Waals surface area contributed by atoms with Crippen LogP contribution in [0.1, 0.15) is 29.5 Å². The molecule has 1 amide bonds. The van der Waals surface area contributed by atoms with E-state index >= 15 is 0 Å². The third-order valence-electron chi connectivity index (χ3n) is 3.62. The molecule has 1 heterocycles. The molecule has 6 heteroatoms. The summed E-state index contributed by atoms with van der Waals surface area (Å²) in [6.45, 7) is 4.00. The van der Waals surface area contributed by atoms with Gasteiger partial charge in [0.25, 0.3) is 0 Å². The molecule has 0 unspecified atom stereocenters. The van der Waals surface area contributed by atoms with Gasteiger partial charge in [-0.2, -0.15) is 5.10 Å². The minimum atomic E-state index is -2.93. The lowest BCUT2D eigenvalue weighted by Crippen LogP contribution is -2.21. The van der Waals surface area contributed by atoms with E-state index in [0.29, 0.717) is 6.42 Å². The summed E-state index contributed by atoms with van der Waals surface area (Å²) in [6, 6.07) is 5.98. The normalized spacial score (nSPS) is 20.8. The number of aryl methyl sites for hydroxylation is 2. The second-order valence-electron chi connectivity index (χ2n) is 5.63. The van der Waals surface area contributed by atoms with E-state index in [1.807, 2.05) is 32.0 Å². The number of carbonyl (C=O) groups excluding carboxylic acids is 1. The lowest BCUT2D eigenvalue weighted by Gasteiger charge is -2.05. The van der Waals surface area contributed by atoms with Gasteiger partial charge in [-0.3, -0.25) is 4.79 Å². The molecule has 5 nitrogen and oxygen atoms in total. The van der Waals surface area contributed by atoms with Crippen molar-refractivity contribution in [1.82, 2.24) is 5.43 Å². The number of carbonyl (C=O) groups is 1. The number of rotatable bonds is 4. The summed E-state index contributed by atoms with van der Waals surface area (Å²) in [5, 5.41) is 3.94. The van der Waals surface area contributed by atoms with Gasteiger partial charge >= 0.3 is 0 Å². The lowest BCUT2D eigenvalue weighted by molar-refractivity contribution is -0.121. The first-order valence-electron chi connectivity index (χ1n) is 6.95. The monoisotopic (exact) mass is 308 g/mol. The summed E-state index contributed by atoms with van der Waals surface area (Å²) in [7, 11) is -2.93. The minimum absolute atomic E-state index is 0.0775. The zero-order chi connectivity index (χ0) is 15.5. The quantitative estimate of drug-likeness (QED) is 0.678. The number of hydrogen-bond donors (Lipinski definition) is 1. The SMILES string of the molecule is Cc1ccc(/C=N\NC(=O)C[C@@H]2CCS(=O)(=O)C2)c(C)c1. The van der Waals surface area contributed by atoms with Crippen LogP contribution in [-0.4, -0.2) is 32.0 Å². The van der Waals surface area contributed by atoms with Crippen LogP contribution in [0.2, 0.25) is 0 Å². The molecule has 1 aliphatic heterocycles. The maximum atomic E-state index is 11.7. The number of hydrazone groups is 1. The van der Waals surface area contributed by atoms with Crippen LogP contribution in [0.5, 0.6) is 0 Å². The first-order valence-corrected chi connectivity index (χ1v) is 8.77. The average molecular weight is 308 g/mol. The smallest absolute Gasteiger partial charge is 0.240 e. The van der Waals surface area contributed by atoms with Crippen LogP contribution < -0.4 is 5.43 Å². The fraction of sp³-hybridized carbons (Fsp3) is 0.467. The van der Waals surface area contributed by atoms with E-state index in [0.717, 1.165) is 11.1 Å². The predicted molar refractivity (Wildman–Crippen MR) is 83.0 cm³/mol. The van der Waals surface area contributed by atoms with Gasteiger partial charge in [-0.1, -0.05) is 23.8 Å². The summed E-state index contributed by atoms with van der Waals surface area (Å²) in [4.78, 5) is 11.7. The molecule has 1 aliphatic rings. The maximum absolute atomic E-state index is 11.7. The Labute approximate surface area is 125 Å². The number of hydrogen-bond acceptors (Lipinski definition) is 4. The minimum Gasteiger partial charge on any atom is -0.273 e. The highest BCUT2D eigenvalue weighted by molar-refractivity contribution is 7.91. The van der Waals surface area contributed by atoms with Gasteiger partial charge in [0.05, 0.1) is 17.7 Å². The van der Waals surface area contributed by atoms with Crippen LogP contribution in [0.25, 0.3) is 0 Å². The van der Waals surface area contributed by atoms with Gasteiger partial charge in [0, 0.05) is 6.42 Å². The van der Waals surface area contributed by atoms with Gasteiger partial charge in [0.2, 0.25) is 5.91 Å². The molecule has 1 fully saturated rings. The van der Waals surface area contributed by atoms with Crippen LogP contribution in [0.15, 0.2) is 23.3 Å². The Hall–Kier alpha value is -1.69. The van der Waals surface area contributed by atoms with Crippen LogP contribution in [0, 0.1) is 19.8 Å². The van der Waals surface area contributed by atoms with Crippen molar-refractivity contribution in [2.45, 2.75) is 26.7 Å². The highest BCUT2D eigenvalue weighted by atomic mass is 32.2. The molecule has 2 rings (SSSR count). The summed E-state index contributed by atoms with van der Waals surface area (Å²) in [5.41, 5.74) is 5.68. The van der Waals surface area contributed by atoms with Crippen LogP contribution in [0.3, 0.4) is 0 Å². The van der Waals surface area contributed by atoms with Crippen molar-refractivity contribution in [1.29, 1.82) is 0 Å². The van der Waals surface area contributed by atoms with E-state index in [1.54, 1.807) is 6.21 Å². The van der Waals surface area contributed by atoms with Crippen LogP contribution in [0.4, 0.5) is 0 Å². The molecular weight excluding hydrogens is 288 g/mol. The number of sulfone groups is 1. The number of amides is 1. The summed E-state index contributed by atoms with van der Waals surface area (Å²) >= 11 is 0. The van der Waals surface area contributed by atoms with E-state index in [2.05, 4.69) is 10.5 Å². The molecule has 0 spiro atoms. The standard InChI is InChI=1S/C15H20N2O3S/c1-11-3-4-14(12(2)7-11)9-16-17-15(18)8-13-5-6-21(19,20)10-13/h3-4,7,9,13H,5-6,8,10H2,1-2H3,(H,17,18)/b16-9-/t13-/m0/s1. The molecule has 0 bridgehead atoms. The molecule has 1 aromatic carbocycles. The Balaban J connectivity index is 1.85. The fourth-order valence-electron chi connectivity index (χ4n) is 2.49. The van der Waals surface area contributed by atoms with Gasteiger partial charge in [-0.05, 0) is 37.3 Å². The predicted octanol–water partition coefficient (Wildman–Crippen LogP) is 1.58. The Morgan fingerprint density at radius 2 is 2.19 bits per heavy atom. The van der Waals surface area contributed by atoms with E-state index in [9.17, 15) is 13.2 Å². The first-order chi connectivity index (χ1) is 9.85. The number of nitrogens with zero attached hydrogens (tertiary/aromatic N) is 1. The fourth-order valence-corrected chi connectivity index (χ4v) is 4.35. The van der Waals surface area contributed by atoms with Crippen molar-refractivity contribution in [3.8, 4) is 0 Å². The molecule has 0 aromatic heterocycles. The van der Waals surface area contributed by atoms with E-state index in [4.69, 9.17) is 0 Å². The summed E-state index contributed by atoms with van der Waals surface area (Å²) < 4.78 is 22.7. The molecule has 0 aliphatic carbocycles. The van der Waals surface area contributed by atoms with Crippen molar-refractivity contribution in [3.05, 3.63) is 34.9 Å². The van der Waals surface area contributed by atoms with Gasteiger partial charge in [-0.25, -0.2) is 13.8 Å². The largest absolute Gasteiger partial charge is 0.273 e. The average Bonchev–Trinajstić information content (AvgIpc) is 2.71. The first kappa shape index (κ1) is 15.7. The molecule has 1 N–H and O–H groups in total. The molecule has 21 heavy (non-hydrogen) atoms. The highest BCUT2D eigenvalue weighted by Crippen LogP contribution is 2.21. The van der Waals surface area contributed by atoms with Gasteiger partial charge in [0.15, 0.2) is 9.84 Å². The Morgan fingerprint density at radius 3 is 2.81 bits per heavy atom. The second kappa shape index (κ2) is 6.39.